The summed E-state index contributed by atoms with van der Waals surface area (Å²) in [6.07, 6.45) is 3.82. The van der Waals surface area contributed by atoms with Gasteiger partial charge in [0.25, 0.3) is 5.91 Å². The molecule has 0 saturated heterocycles. The number of aromatic nitrogens is 3. The number of methoxy groups -OCH3 is 1. The van der Waals surface area contributed by atoms with Gasteiger partial charge in [0.05, 0.1) is 18.7 Å². The lowest BCUT2D eigenvalue weighted by atomic mass is 9.97. The van der Waals surface area contributed by atoms with Crippen molar-refractivity contribution in [2.24, 2.45) is 5.92 Å². The maximum absolute atomic E-state index is 12.8. The fraction of sp³-hybridized carbons (Fsp3) is 0.217. The number of nitrogens with one attached hydrogen (secondary N) is 1. The molecule has 4 aromatic rings. The summed E-state index contributed by atoms with van der Waals surface area (Å²) in [6.45, 7) is 1.92. The SMILES string of the molecule is COC(=O)C(CNC(=O)c1c(C)nn2cccnc12)Cc1ccc2ccccc2c1. The van der Waals surface area contributed by atoms with Gasteiger partial charge in [-0.05, 0) is 35.7 Å². The predicted molar refractivity (Wildman–Crippen MR) is 113 cm³/mol. The Morgan fingerprint density at radius 3 is 2.73 bits per heavy atom. The van der Waals surface area contributed by atoms with Gasteiger partial charge >= 0.3 is 5.97 Å². The van der Waals surface area contributed by atoms with Crippen molar-refractivity contribution in [1.82, 2.24) is 19.9 Å². The molecular formula is C23H22N4O3. The van der Waals surface area contributed by atoms with E-state index in [1.54, 1.807) is 29.9 Å². The van der Waals surface area contributed by atoms with Crippen LogP contribution < -0.4 is 5.32 Å². The second-order valence-corrected chi connectivity index (χ2v) is 7.16. The molecule has 0 aliphatic carbocycles. The topological polar surface area (TPSA) is 85.6 Å². The normalized spacial score (nSPS) is 12.1. The quantitative estimate of drug-likeness (QED) is 0.501. The standard InChI is InChI=1S/C23H22N4O3/c1-15-20(21-24-10-5-11-27(21)26-15)22(28)25-14-19(23(29)30-2)13-16-8-9-17-6-3-4-7-18(17)12-16/h3-12,19H,13-14H2,1-2H3,(H,25,28). The van der Waals surface area contributed by atoms with Gasteiger partial charge in [-0.1, -0.05) is 42.5 Å². The van der Waals surface area contributed by atoms with E-state index in [1.807, 2.05) is 36.4 Å². The Labute approximate surface area is 173 Å². The van der Waals surface area contributed by atoms with Crippen molar-refractivity contribution in [2.45, 2.75) is 13.3 Å². The van der Waals surface area contributed by atoms with Crippen LogP contribution >= 0.6 is 0 Å². The molecular weight excluding hydrogens is 380 g/mol. The lowest BCUT2D eigenvalue weighted by molar-refractivity contribution is -0.145. The van der Waals surface area contributed by atoms with Gasteiger partial charge < -0.3 is 10.1 Å². The molecule has 0 fully saturated rings. The highest BCUT2D eigenvalue weighted by atomic mass is 16.5. The molecule has 1 unspecified atom stereocenters. The van der Waals surface area contributed by atoms with Gasteiger partial charge in [-0.25, -0.2) is 9.50 Å². The minimum absolute atomic E-state index is 0.155. The lowest BCUT2D eigenvalue weighted by Crippen LogP contribution is -2.35. The summed E-state index contributed by atoms with van der Waals surface area (Å²) in [5.41, 5.74) is 2.48. The van der Waals surface area contributed by atoms with Crippen molar-refractivity contribution in [1.29, 1.82) is 0 Å². The van der Waals surface area contributed by atoms with Crippen molar-refractivity contribution in [3.05, 3.63) is 77.7 Å². The summed E-state index contributed by atoms with van der Waals surface area (Å²) in [5.74, 6) is -1.18. The molecule has 1 amide bonds. The molecule has 4 rings (SSSR count). The van der Waals surface area contributed by atoms with Crippen LogP contribution in [0, 0.1) is 12.8 Å². The Morgan fingerprint density at radius 2 is 1.93 bits per heavy atom. The van der Waals surface area contributed by atoms with Crippen LogP contribution in [0.25, 0.3) is 16.4 Å². The third-order valence-electron chi connectivity index (χ3n) is 5.14. The van der Waals surface area contributed by atoms with Crippen molar-refractivity contribution in [3.63, 3.8) is 0 Å². The van der Waals surface area contributed by atoms with Crippen molar-refractivity contribution < 1.29 is 14.3 Å². The van der Waals surface area contributed by atoms with Crippen LogP contribution in [0.3, 0.4) is 0 Å². The fourth-order valence-corrected chi connectivity index (χ4v) is 3.62. The average Bonchev–Trinajstić information content (AvgIpc) is 3.11. The zero-order valence-corrected chi connectivity index (χ0v) is 16.8. The zero-order valence-electron chi connectivity index (χ0n) is 16.8. The van der Waals surface area contributed by atoms with E-state index in [0.29, 0.717) is 23.3 Å². The molecule has 2 aromatic heterocycles. The van der Waals surface area contributed by atoms with Crippen LogP contribution in [0.1, 0.15) is 21.6 Å². The average molecular weight is 402 g/mol. The number of nitrogens with zero attached hydrogens (tertiary/aromatic N) is 3. The van der Waals surface area contributed by atoms with E-state index in [0.717, 1.165) is 16.3 Å². The van der Waals surface area contributed by atoms with E-state index < -0.39 is 5.92 Å². The summed E-state index contributed by atoms with van der Waals surface area (Å²) in [4.78, 5) is 29.4. The number of esters is 1. The van der Waals surface area contributed by atoms with Crippen LogP contribution in [0.2, 0.25) is 0 Å². The van der Waals surface area contributed by atoms with Crippen LogP contribution in [-0.2, 0) is 16.0 Å². The fourth-order valence-electron chi connectivity index (χ4n) is 3.62. The molecule has 30 heavy (non-hydrogen) atoms. The molecule has 7 nitrogen and oxygen atoms in total. The smallest absolute Gasteiger partial charge is 0.310 e. The molecule has 0 spiro atoms. The van der Waals surface area contributed by atoms with Gasteiger partial charge in [0.2, 0.25) is 0 Å². The second kappa shape index (κ2) is 8.32. The van der Waals surface area contributed by atoms with Crippen LogP contribution in [0.4, 0.5) is 0 Å². The van der Waals surface area contributed by atoms with E-state index in [9.17, 15) is 9.59 Å². The maximum atomic E-state index is 12.8. The van der Waals surface area contributed by atoms with E-state index in [1.165, 1.54) is 7.11 Å². The third kappa shape index (κ3) is 3.87. The molecule has 0 bridgehead atoms. The molecule has 7 heteroatoms. The number of ether oxygens (including phenoxy) is 1. The van der Waals surface area contributed by atoms with Gasteiger partial charge in [-0.2, -0.15) is 5.10 Å². The Morgan fingerprint density at radius 1 is 1.13 bits per heavy atom. The van der Waals surface area contributed by atoms with E-state index in [4.69, 9.17) is 4.74 Å². The molecule has 0 aliphatic heterocycles. The van der Waals surface area contributed by atoms with Crippen LogP contribution in [0.15, 0.2) is 60.9 Å². The first kappa shape index (κ1) is 19.6. The summed E-state index contributed by atoms with van der Waals surface area (Å²) < 4.78 is 6.54. The van der Waals surface area contributed by atoms with Gasteiger partial charge in [-0.15, -0.1) is 0 Å². The number of benzene rings is 2. The first-order valence-corrected chi connectivity index (χ1v) is 9.70. The van der Waals surface area contributed by atoms with Crippen LogP contribution in [0.5, 0.6) is 0 Å². The molecule has 0 aliphatic rings. The van der Waals surface area contributed by atoms with E-state index >= 15 is 0 Å². The number of amides is 1. The number of rotatable bonds is 6. The number of carbonyl (C=O) groups excluding carboxylic acids is 2. The monoisotopic (exact) mass is 402 g/mol. The zero-order chi connectivity index (χ0) is 21.1. The van der Waals surface area contributed by atoms with E-state index in [2.05, 4.69) is 21.5 Å². The molecule has 2 heterocycles. The molecule has 1 atom stereocenters. The summed E-state index contributed by atoms with van der Waals surface area (Å²) >= 11 is 0. The molecule has 0 saturated carbocycles. The van der Waals surface area contributed by atoms with Gasteiger partial charge in [-0.3, -0.25) is 9.59 Å². The minimum Gasteiger partial charge on any atom is -0.469 e. The Balaban J connectivity index is 1.52. The highest BCUT2D eigenvalue weighted by molar-refractivity contribution is 6.01. The highest BCUT2D eigenvalue weighted by Crippen LogP contribution is 2.19. The van der Waals surface area contributed by atoms with Crippen LogP contribution in [-0.4, -0.2) is 40.1 Å². The highest BCUT2D eigenvalue weighted by Gasteiger charge is 2.23. The van der Waals surface area contributed by atoms with Crippen molar-refractivity contribution in [2.75, 3.05) is 13.7 Å². The minimum atomic E-state index is -0.504. The maximum Gasteiger partial charge on any atom is 0.310 e. The Bertz CT molecular complexity index is 1230. The van der Waals surface area contributed by atoms with E-state index in [-0.39, 0.29) is 18.4 Å². The first-order valence-electron chi connectivity index (χ1n) is 9.70. The van der Waals surface area contributed by atoms with Gasteiger partial charge in [0.1, 0.15) is 5.56 Å². The van der Waals surface area contributed by atoms with Gasteiger partial charge in [0, 0.05) is 18.9 Å². The number of hydrogen-bond acceptors (Lipinski definition) is 5. The number of aryl methyl sites for hydroxylation is 1. The molecule has 2 aromatic carbocycles. The summed E-state index contributed by atoms with van der Waals surface area (Å²) in [6, 6.07) is 15.9. The first-order chi connectivity index (χ1) is 14.6. The summed E-state index contributed by atoms with van der Waals surface area (Å²) in [7, 11) is 1.36. The third-order valence-corrected chi connectivity index (χ3v) is 5.14. The molecule has 0 radical (unpaired) electrons. The summed E-state index contributed by atoms with van der Waals surface area (Å²) in [5, 5.41) is 9.41. The lowest BCUT2D eigenvalue weighted by Gasteiger charge is -2.16. The van der Waals surface area contributed by atoms with Crippen molar-refractivity contribution >= 4 is 28.3 Å². The number of fused-ring (bicyclic) bond motifs is 2. The Kier molecular flexibility index (Phi) is 5.43. The largest absolute Gasteiger partial charge is 0.469 e. The Hall–Kier alpha value is -3.74. The predicted octanol–water partition coefficient (Wildman–Crippen LogP) is 2.95. The molecule has 1 N–H and O–H groups in total. The van der Waals surface area contributed by atoms with Crippen molar-refractivity contribution in [3.8, 4) is 0 Å². The number of carbonyl (C=O) groups is 2. The number of hydrogen-bond donors (Lipinski definition) is 1. The van der Waals surface area contributed by atoms with Gasteiger partial charge in [0.15, 0.2) is 5.65 Å². The molecule has 152 valence electrons. The second-order valence-electron chi connectivity index (χ2n) is 7.16.